The molecule has 0 atom stereocenters. The summed E-state index contributed by atoms with van der Waals surface area (Å²) in [5.74, 6) is -0.350. The van der Waals surface area contributed by atoms with E-state index in [-0.39, 0.29) is 12.6 Å². The number of ether oxygens (including phenoxy) is 1. The lowest BCUT2D eigenvalue weighted by Crippen LogP contribution is -2.01. The third-order valence-electron chi connectivity index (χ3n) is 2.49. The molecule has 2 aromatic rings. The number of aliphatic hydroxyl groups excluding tert-OH is 1. The zero-order valence-corrected chi connectivity index (χ0v) is 11.8. The third kappa shape index (κ3) is 5.16. The van der Waals surface area contributed by atoms with Gasteiger partial charge in [-0.25, -0.2) is 4.79 Å². The number of carbonyl (C=O) groups excluding carboxylic acids is 1. The van der Waals surface area contributed by atoms with Gasteiger partial charge in [0.15, 0.2) is 0 Å². The van der Waals surface area contributed by atoms with Gasteiger partial charge in [-0.05, 0) is 37.6 Å². The van der Waals surface area contributed by atoms with Gasteiger partial charge < -0.3 is 9.84 Å². The van der Waals surface area contributed by atoms with E-state index in [0.717, 1.165) is 17.0 Å². The van der Waals surface area contributed by atoms with E-state index in [1.165, 1.54) is 13.3 Å². The lowest BCUT2D eigenvalue weighted by molar-refractivity contribution is 0.0600. The van der Waals surface area contributed by atoms with Crippen molar-refractivity contribution in [1.82, 2.24) is 9.97 Å². The van der Waals surface area contributed by atoms with E-state index in [0.29, 0.717) is 5.56 Å². The Morgan fingerprint density at radius 1 is 1.10 bits per heavy atom. The highest BCUT2D eigenvalue weighted by atomic mass is 16.5. The van der Waals surface area contributed by atoms with Crippen LogP contribution in [0.1, 0.15) is 27.3 Å². The number of methoxy groups -OCH3 is 1. The molecule has 0 aliphatic rings. The van der Waals surface area contributed by atoms with Gasteiger partial charge in [0, 0.05) is 23.8 Å². The van der Waals surface area contributed by atoms with Crippen molar-refractivity contribution in [2.45, 2.75) is 20.5 Å². The molecule has 0 saturated carbocycles. The van der Waals surface area contributed by atoms with Crippen LogP contribution >= 0.6 is 0 Å². The Kier molecular flexibility index (Phi) is 6.32. The Hall–Kier alpha value is -2.27. The second-order valence-electron chi connectivity index (χ2n) is 4.15. The van der Waals surface area contributed by atoms with E-state index >= 15 is 0 Å². The maximum absolute atomic E-state index is 10.9. The topological polar surface area (TPSA) is 72.3 Å². The molecule has 5 nitrogen and oxygen atoms in total. The van der Waals surface area contributed by atoms with Gasteiger partial charge in [0.05, 0.1) is 19.3 Å². The largest absolute Gasteiger partial charge is 0.465 e. The Balaban J connectivity index is 0.000000204. The van der Waals surface area contributed by atoms with Crippen LogP contribution in [-0.2, 0) is 11.3 Å². The van der Waals surface area contributed by atoms with Gasteiger partial charge in [0.2, 0.25) is 0 Å². The van der Waals surface area contributed by atoms with Gasteiger partial charge >= 0.3 is 5.97 Å². The Morgan fingerprint density at radius 2 is 1.70 bits per heavy atom. The summed E-state index contributed by atoms with van der Waals surface area (Å²) in [5, 5.41) is 8.59. The minimum Gasteiger partial charge on any atom is -0.465 e. The molecule has 0 bridgehead atoms. The molecule has 106 valence electrons. The smallest absolute Gasteiger partial charge is 0.339 e. The van der Waals surface area contributed by atoms with E-state index in [2.05, 4.69) is 14.7 Å². The van der Waals surface area contributed by atoms with Crippen LogP contribution in [0.15, 0.2) is 36.7 Å². The average molecular weight is 274 g/mol. The minimum absolute atomic E-state index is 0.0767. The lowest BCUT2D eigenvalue weighted by atomic mass is 10.2. The second kappa shape index (κ2) is 8.01. The molecule has 0 aliphatic carbocycles. The van der Waals surface area contributed by atoms with Crippen LogP contribution in [-0.4, -0.2) is 28.2 Å². The van der Waals surface area contributed by atoms with Crippen LogP contribution in [0.3, 0.4) is 0 Å². The van der Waals surface area contributed by atoms with Gasteiger partial charge in [-0.2, -0.15) is 0 Å². The third-order valence-corrected chi connectivity index (χ3v) is 2.49. The molecule has 5 heteroatoms. The van der Waals surface area contributed by atoms with Gasteiger partial charge in [0.1, 0.15) is 0 Å². The molecule has 0 fully saturated rings. The highest BCUT2D eigenvalue weighted by Gasteiger charge is 2.03. The summed E-state index contributed by atoms with van der Waals surface area (Å²) in [6.07, 6.45) is 3.18. The first-order valence-corrected chi connectivity index (χ1v) is 6.10. The molecule has 2 rings (SSSR count). The molecule has 20 heavy (non-hydrogen) atoms. The molecule has 0 unspecified atom stereocenters. The van der Waals surface area contributed by atoms with Crippen LogP contribution in [0.4, 0.5) is 0 Å². The highest BCUT2D eigenvalue weighted by Crippen LogP contribution is 2.00. The summed E-state index contributed by atoms with van der Waals surface area (Å²) >= 11 is 0. The van der Waals surface area contributed by atoms with Crippen LogP contribution in [0.5, 0.6) is 0 Å². The molecule has 2 heterocycles. The number of nitrogens with zero attached hydrogens (tertiary/aromatic N) is 2. The van der Waals surface area contributed by atoms with Crippen molar-refractivity contribution in [2.75, 3.05) is 7.11 Å². The predicted molar refractivity (Wildman–Crippen MR) is 75.2 cm³/mol. The van der Waals surface area contributed by atoms with Crippen LogP contribution < -0.4 is 0 Å². The number of rotatable bonds is 2. The van der Waals surface area contributed by atoms with Crippen molar-refractivity contribution in [1.29, 1.82) is 0 Å². The number of pyridine rings is 2. The zero-order chi connectivity index (χ0) is 15.0. The molecule has 0 radical (unpaired) electrons. The molecule has 0 spiro atoms. The van der Waals surface area contributed by atoms with Crippen molar-refractivity contribution in [3.05, 3.63) is 59.2 Å². The van der Waals surface area contributed by atoms with Gasteiger partial charge in [-0.15, -0.1) is 0 Å². The van der Waals surface area contributed by atoms with Gasteiger partial charge in [-0.1, -0.05) is 6.07 Å². The van der Waals surface area contributed by atoms with E-state index in [9.17, 15) is 4.79 Å². The standard InChI is InChI=1S/C8H9NO2.C7H9NO/c1-6-3-4-7(5-9-6)8(10)11-2;1-6-2-3-7(5-9)4-8-6/h3-5H,1-2H3;2-4,9H,5H2,1H3. The first-order chi connectivity index (χ1) is 9.56. The summed E-state index contributed by atoms with van der Waals surface area (Å²) in [6.45, 7) is 3.86. The monoisotopic (exact) mass is 274 g/mol. The van der Waals surface area contributed by atoms with Crippen LogP contribution in [0.25, 0.3) is 0 Å². The fourth-order valence-electron chi connectivity index (χ4n) is 1.30. The predicted octanol–water partition coefficient (Wildman–Crippen LogP) is 2.06. The SMILES string of the molecule is COC(=O)c1ccc(C)nc1.Cc1ccc(CO)cn1. The molecule has 1 N–H and O–H groups in total. The number of aryl methyl sites for hydroxylation is 2. The van der Waals surface area contributed by atoms with Gasteiger partial charge in [0.25, 0.3) is 0 Å². The molecule has 0 aliphatic heterocycles. The summed E-state index contributed by atoms with van der Waals surface area (Å²) in [7, 11) is 1.35. The van der Waals surface area contributed by atoms with Crippen molar-refractivity contribution >= 4 is 5.97 Å². The van der Waals surface area contributed by atoms with E-state index in [4.69, 9.17) is 5.11 Å². The normalized spacial score (nSPS) is 9.40. The van der Waals surface area contributed by atoms with E-state index in [1.54, 1.807) is 18.3 Å². The van der Waals surface area contributed by atoms with Crippen LogP contribution in [0, 0.1) is 13.8 Å². The van der Waals surface area contributed by atoms with Crippen LogP contribution in [0.2, 0.25) is 0 Å². The maximum Gasteiger partial charge on any atom is 0.339 e. The first kappa shape index (κ1) is 15.8. The number of esters is 1. The van der Waals surface area contributed by atoms with Crippen molar-refractivity contribution in [2.24, 2.45) is 0 Å². The van der Waals surface area contributed by atoms with Gasteiger partial charge in [-0.3, -0.25) is 9.97 Å². The van der Waals surface area contributed by atoms with Crippen molar-refractivity contribution in [3.8, 4) is 0 Å². The summed E-state index contributed by atoms with van der Waals surface area (Å²) in [4.78, 5) is 18.8. The lowest BCUT2D eigenvalue weighted by Gasteiger charge is -1.97. The summed E-state index contributed by atoms with van der Waals surface area (Å²) < 4.78 is 4.50. The molecule has 0 amide bonds. The molecular weight excluding hydrogens is 256 g/mol. The number of aromatic nitrogens is 2. The van der Waals surface area contributed by atoms with Crippen molar-refractivity contribution < 1.29 is 14.6 Å². The Labute approximate surface area is 118 Å². The zero-order valence-electron chi connectivity index (χ0n) is 11.8. The quantitative estimate of drug-likeness (QED) is 0.849. The molecule has 0 aromatic carbocycles. The van der Waals surface area contributed by atoms with E-state index in [1.807, 2.05) is 26.0 Å². The molecular formula is C15H18N2O3. The number of aliphatic hydroxyl groups is 1. The minimum atomic E-state index is -0.350. The Bertz CT molecular complexity index is 536. The highest BCUT2D eigenvalue weighted by molar-refractivity contribution is 5.88. The number of hydrogen-bond acceptors (Lipinski definition) is 5. The Morgan fingerprint density at radius 3 is 2.10 bits per heavy atom. The maximum atomic E-state index is 10.9. The first-order valence-electron chi connectivity index (χ1n) is 6.10. The number of carbonyl (C=O) groups is 1. The molecule has 2 aromatic heterocycles. The summed E-state index contributed by atoms with van der Waals surface area (Å²) in [5.41, 5.74) is 3.21. The van der Waals surface area contributed by atoms with E-state index < -0.39 is 0 Å². The fraction of sp³-hybridized carbons (Fsp3) is 0.267. The summed E-state index contributed by atoms with van der Waals surface area (Å²) in [6, 6.07) is 7.20. The van der Waals surface area contributed by atoms with Crippen molar-refractivity contribution in [3.63, 3.8) is 0 Å². The second-order valence-corrected chi connectivity index (χ2v) is 4.15. The average Bonchev–Trinajstić information content (AvgIpc) is 2.49. The molecule has 0 saturated heterocycles. The fourth-order valence-corrected chi connectivity index (χ4v) is 1.30. The number of hydrogen-bond donors (Lipinski definition) is 1.